The first-order valence-electron chi connectivity index (χ1n) is 5.76. The van der Waals surface area contributed by atoms with E-state index < -0.39 is 0 Å². The number of rotatable bonds is 1. The first-order valence-corrected chi connectivity index (χ1v) is 6.52. The van der Waals surface area contributed by atoms with Gasteiger partial charge in [-0.05, 0) is 19.1 Å². The van der Waals surface area contributed by atoms with Gasteiger partial charge in [0.05, 0.1) is 15.7 Å². The van der Waals surface area contributed by atoms with Crippen molar-refractivity contribution in [2.24, 2.45) is 0 Å². The maximum Gasteiger partial charge on any atom is 0.254 e. The van der Waals surface area contributed by atoms with Gasteiger partial charge in [0.1, 0.15) is 0 Å². The summed E-state index contributed by atoms with van der Waals surface area (Å²) in [6, 6.07) is 3.43. The molecule has 1 amide bonds. The largest absolute Gasteiger partial charge is 0.396 e. The number of nitrogens with one attached hydrogen (secondary N) is 1. The third-order valence-electron chi connectivity index (χ3n) is 2.98. The molecule has 1 aromatic carbocycles. The van der Waals surface area contributed by atoms with Gasteiger partial charge in [-0.2, -0.15) is 0 Å². The van der Waals surface area contributed by atoms with Crippen LogP contribution < -0.4 is 11.1 Å². The molecule has 1 atom stereocenters. The Morgan fingerprint density at radius 1 is 1.44 bits per heavy atom. The molecule has 1 aromatic rings. The summed E-state index contributed by atoms with van der Waals surface area (Å²) in [6.07, 6.45) is 0. The fourth-order valence-electron chi connectivity index (χ4n) is 2.01. The molecular formula is C12H15Cl2N3O. The number of carbonyl (C=O) groups is 1. The molecule has 1 fully saturated rings. The number of benzene rings is 1. The number of piperazine rings is 1. The number of anilines is 1. The molecule has 18 heavy (non-hydrogen) atoms. The van der Waals surface area contributed by atoms with Gasteiger partial charge in [-0.25, -0.2) is 0 Å². The molecule has 6 heteroatoms. The van der Waals surface area contributed by atoms with Crippen LogP contribution in [0.25, 0.3) is 0 Å². The molecule has 1 heterocycles. The van der Waals surface area contributed by atoms with E-state index in [1.54, 1.807) is 17.0 Å². The minimum atomic E-state index is -0.0628. The van der Waals surface area contributed by atoms with Crippen molar-refractivity contribution >= 4 is 34.8 Å². The number of halogens is 2. The highest BCUT2D eigenvalue weighted by Crippen LogP contribution is 2.29. The molecular weight excluding hydrogens is 273 g/mol. The normalized spacial score (nSPS) is 19.9. The second kappa shape index (κ2) is 5.34. The maximum absolute atomic E-state index is 12.3. The molecule has 98 valence electrons. The van der Waals surface area contributed by atoms with Crippen molar-refractivity contribution in [2.45, 2.75) is 13.0 Å². The van der Waals surface area contributed by atoms with Crippen LogP contribution in [-0.4, -0.2) is 36.5 Å². The standard InChI is InChI=1S/C12H15Cl2N3O/c1-7-6-17(3-2-16-7)12(18)8-4-9(13)11(15)10(14)5-8/h4-5,7,16H,2-3,6,15H2,1H3/t7-/m1/s1. The molecule has 0 aromatic heterocycles. The van der Waals surface area contributed by atoms with Crippen molar-refractivity contribution in [3.05, 3.63) is 27.7 Å². The van der Waals surface area contributed by atoms with Gasteiger partial charge >= 0.3 is 0 Å². The Labute approximate surface area is 116 Å². The lowest BCUT2D eigenvalue weighted by Gasteiger charge is -2.32. The molecule has 0 saturated carbocycles. The van der Waals surface area contributed by atoms with Gasteiger partial charge in [0, 0.05) is 31.2 Å². The summed E-state index contributed by atoms with van der Waals surface area (Å²) in [5.41, 5.74) is 6.44. The molecule has 4 nitrogen and oxygen atoms in total. The Morgan fingerprint density at radius 2 is 2.06 bits per heavy atom. The highest BCUT2D eigenvalue weighted by atomic mass is 35.5. The topological polar surface area (TPSA) is 58.4 Å². The molecule has 2 rings (SSSR count). The zero-order valence-electron chi connectivity index (χ0n) is 10.0. The highest BCUT2D eigenvalue weighted by molar-refractivity contribution is 6.39. The van der Waals surface area contributed by atoms with Gasteiger partial charge in [0.2, 0.25) is 0 Å². The average Bonchev–Trinajstić information content (AvgIpc) is 2.34. The van der Waals surface area contributed by atoms with Gasteiger partial charge in [0.25, 0.3) is 5.91 Å². The van der Waals surface area contributed by atoms with Gasteiger partial charge in [-0.15, -0.1) is 0 Å². The number of hydrogen-bond donors (Lipinski definition) is 2. The van der Waals surface area contributed by atoms with Crippen LogP contribution >= 0.6 is 23.2 Å². The molecule has 1 aliphatic rings. The van der Waals surface area contributed by atoms with E-state index in [0.717, 1.165) is 6.54 Å². The smallest absolute Gasteiger partial charge is 0.254 e. The van der Waals surface area contributed by atoms with E-state index >= 15 is 0 Å². The van der Waals surface area contributed by atoms with Crippen LogP contribution in [0.5, 0.6) is 0 Å². The van der Waals surface area contributed by atoms with Crippen LogP contribution in [0.2, 0.25) is 10.0 Å². The second-order valence-electron chi connectivity index (χ2n) is 4.46. The van der Waals surface area contributed by atoms with Gasteiger partial charge in [0.15, 0.2) is 0 Å². The van der Waals surface area contributed by atoms with Crippen molar-refractivity contribution in [1.29, 1.82) is 0 Å². The van der Waals surface area contributed by atoms with Crippen LogP contribution in [0.4, 0.5) is 5.69 Å². The van der Waals surface area contributed by atoms with Crippen molar-refractivity contribution < 1.29 is 4.79 Å². The quantitative estimate of drug-likeness (QED) is 0.777. The fourth-order valence-corrected chi connectivity index (χ4v) is 2.49. The Hall–Kier alpha value is -0.970. The molecule has 0 unspecified atom stereocenters. The van der Waals surface area contributed by atoms with Crippen LogP contribution in [0.3, 0.4) is 0 Å². The van der Waals surface area contributed by atoms with E-state index in [-0.39, 0.29) is 5.91 Å². The molecule has 1 saturated heterocycles. The fraction of sp³-hybridized carbons (Fsp3) is 0.417. The monoisotopic (exact) mass is 287 g/mol. The van der Waals surface area contributed by atoms with Gasteiger partial charge < -0.3 is 16.0 Å². The molecule has 0 aliphatic carbocycles. The molecule has 1 aliphatic heterocycles. The lowest BCUT2D eigenvalue weighted by atomic mass is 10.1. The Morgan fingerprint density at radius 3 is 2.61 bits per heavy atom. The number of nitrogens with zero attached hydrogens (tertiary/aromatic N) is 1. The summed E-state index contributed by atoms with van der Waals surface area (Å²) in [4.78, 5) is 14.1. The summed E-state index contributed by atoms with van der Waals surface area (Å²) in [7, 11) is 0. The third-order valence-corrected chi connectivity index (χ3v) is 3.61. The first kappa shape index (κ1) is 13.5. The lowest BCUT2D eigenvalue weighted by molar-refractivity contribution is 0.0709. The SMILES string of the molecule is C[C@@H]1CN(C(=O)c2cc(Cl)c(N)c(Cl)c2)CCN1. The van der Waals surface area contributed by atoms with E-state index in [9.17, 15) is 4.79 Å². The van der Waals surface area contributed by atoms with E-state index in [0.29, 0.717) is 40.4 Å². The van der Waals surface area contributed by atoms with Crippen LogP contribution in [0.1, 0.15) is 17.3 Å². The average molecular weight is 288 g/mol. The van der Waals surface area contributed by atoms with Gasteiger partial charge in [-0.1, -0.05) is 23.2 Å². The Bertz CT molecular complexity index is 455. The van der Waals surface area contributed by atoms with E-state index in [1.807, 2.05) is 6.92 Å². The molecule has 3 N–H and O–H groups in total. The lowest BCUT2D eigenvalue weighted by Crippen LogP contribution is -2.51. The van der Waals surface area contributed by atoms with E-state index in [2.05, 4.69) is 5.32 Å². The number of nitrogens with two attached hydrogens (primary N) is 1. The van der Waals surface area contributed by atoms with Crippen LogP contribution in [-0.2, 0) is 0 Å². The van der Waals surface area contributed by atoms with Crippen LogP contribution in [0, 0.1) is 0 Å². The minimum Gasteiger partial charge on any atom is -0.396 e. The summed E-state index contributed by atoms with van der Waals surface area (Å²) in [6.45, 7) is 4.20. The van der Waals surface area contributed by atoms with E-state index in [4.69, 9.17) is 28.9 Å². The zero-order valence-corrected chi connectivity index (χ0v) is 11.6. The predicted molar refractivity (Wildman–Crippen MR) is 74.2 cm³/mol. The van der Waals surface area contributed by atoms with Gasteiger partial charge in [-0.3, -0.25) is 4.79 Å². The predicted octanol–water partition coefficient (Wildman–Crippen LogP) is 2.01. The molecule has 0 spiro atoms. The zero-order chi connectivity index (χ0) is 13.3. The van der Waals surface area contributed by atoms with Crippen molar-refractivity contribution in [3.63, 3.8) is 0 Å². The Kier molecular flexibility index (Phi) is 4.00. The third kappa shape index (κ3) is 2.71. The summed E-state index contributed by atoms with van der Waals surface area (Å²) in [5, 5.41) is 3.91. The number of nitrogen functional groups attached to an aromatic ring is 1. The number of hydrogen-bond acceptors (Lipinski definition) is 3. The maximum atomic E-state index is 12.3. The van der Waals surface area contributed by atoms with Crippen molar-refractivity contribution in [2.75, 3.05) is 25.4 Å². The summed E-state index contributed by atoms with van der Waals surface area (Å²) in [5.74, 6) is -0.0628. The van der Waals surface area contributed by atoms with E-state index in [1.165, 1.54) is 0 Å². The van der Waals surface area contributed by atoms with Crippen molar-refractivity contribution in [3.8, 4) is 0 Å². The summed E-state index contributed by atoms with van der Waals surface area (Å²) < 4.78 is 0. The van der Waals surface area contributed by atoms with Crippen LogP contribution in [0.15, 0.2) is 12.1 Å². The number of amides is 1. The highest BCUT2D eigenvalue weighted by Gasteiger charge is 2.22. The summed E-state index contributed by atoms with van der Waals surface area (Å²) >= 11 is 11.9. The second-order valence-corrected chi connectivity index (χ2v) is 5.27. The Balaban J connectivity index is 2.23. The minimum absolute atomic E-state index is 0.0628. The first-order chi connectivity index (χ1) is 8.49. The molecule has 0 bridgehead atoms. The molecule has 0 radical (unpaired) electrons. The van der Waals surface area contributed by atoms with Crippen molar-refractivity contribution in [1.82, 2.24) is 10.2 Å². The number of carbonyl (C=O) groups excluding carboxylic acids is 1.